The Morgan fingerprint density at radius 2 is 2.05 bits per heavy atom. The molecule has 20 heavy (non-hydrogen) atoms. The van der Waals surface area contributed by atoms with Crippen molar-refractivity contribution in [3.8, 4) is 5.75 Å². The Morgan fingerprint density at radius 1 is 1.40 bits per heavy atom. The number of rotatable bonds is 4. The molecule has 0 unspecified atom stereocenters. The molecule has 2 rings (SSSR count). The first-order chi connectivity index (χ1) is 9.51. The standard InChI is InChI=1S/C12H11Cl2N3O2S/c13-7-3-6(4-8(14)11(7)18)16-12(19)9-5-20-10(17-9)1-2-15/h3-5,18H,1-2,15H2,(H,16,19). The van der Waals surface area contributed by atoms with Gasteiger partial charge in [-0.1, -0.05) is 23.2 Å². The smallest absolute Gasteiger partial charge is 0.275 e. The number of carbonyl (C=O) groups excluding carboxylic acids is 1. The van der Waals surface area contributed by atoms with E-state index in [1.807, 2.05) is 0 Å². The normalized spacial score (nSPS) is 10.6. The fourth-order valence-corrected chi connectivity index (χ4v) is 2.77. The van der Waals surface area contributed by atoms with Gasteiger partial charge in [-0.25, -0.2) is 4.98 Å². The van der Waals surface area contributed by atoms with Gasteiger partial charge >= 0.3 is 0 Å². The van der Waals surface area contributed by atoms with Crippen molar-refractivity contribution >= 4 is 46.1 Å². The minimum absolute atomic E-state index is 0.0647. The molecule has 1 amide bonds. The molecule has 0 bridgehead atoms. The maximum atomic E-state index is 12.0. The van der Waals surface area contributed by atoms with E-state index in [9.17, 15) is 9.90 Å². The molecule has 0 aliphatic heterocycles. The van der Waals surface area contributed by atoms with E-state index in [0.717, 1.165) is 5.01 Å². The lowest BCUT2D eigenvalue weighted by molar-refractivity contribution is 0.102. The predicted molar refractivity (Wildman–Crippen MR) is 81.0 cm³/mol. The molecule has 2 aromatic rings. The SMILES string of the molecule is NCCc1nc(C(=O)Nc2cc(Cl)c(O)c(Cl)c2)cs1. The number of phenolic OH excluding ortho intramolecular Hbond substituents is 1. The molecule has 0 saturated carbocycles. The van der Waals surface area contributed by atoms with Crippen molar-refractivity contribution in [2.75, 3.05) is 11.9 Å². The number of hydrogen-bond donors (Lipinski definition) is 3. The van der Waals surface area contributed by atoms with Gasteiger partial charge in [0.25, 0.3) is 5.91 Å². The van der Waals surface area contributed by atoms with Crippen LogP contribution in [0, 0.1) is 0 Å². The number of thiazole rings is 1. The van der Waals surface area contributed by atoms with Crippen molar-refractivity contribution in [1.29, 1.82) is 0 Å². The highest BCUT2D eigenvalue weighted by atomic mass is 35.5. The lowest BCUT2D eigenvalue weighted by Crippen LogP contribution is -2.12. The number of aromatic nitrogens is 1. The highest BCUT2D eigenvalue weighted by Gasteiger charge is 2.13. The number of nitrogens with two attached hydrogens (primary N) is 1. The van der Waals surface area contributed by atoms with Gasteiger partial charge in [-0.15, -0.1) is 11.3 Å². The van der Waals surface area contributed by atoms with Crippen LogP contribution in [-0.2, 0) is 6.42 Å². The van der Waals surface area contributed by atoms with Gasteiger partial charge in [-0.3, -0.25) is 4.79 Å². The van der Waals surface area contributed by atoms with Gasteiger partial charge < -0.3 is 16.2 Å². The first-order valence-electron chi connectivity index (χ1n) is 5.65. The van der Waals surface area contributed by atoms with Crippen molar-refractivity contribution in [3.05, 3.63) is 38.3 Å². The van der Waals surface area contributed by atoms with E-state index in [1.54, 1.807) is 5.38 Å². The molecular formula is C12H11Cl2N3O2S. The number of aromatic hydroxyl groups is 1. The van der Waals surface area contributed by atoms with Crippen LogP contribution in [0.1, 0.15) is 15.5 Å². The summed E-state index contributed by atoms with van der Waals surface area (Å²) in [5.74, 6) is -0.590. The van der Waals surface area contributed by atoms with E-state index >= 15 is 0 Å². The van der Waals surface area contributed by atoms with Crippen molar-refractivity contribution in [2.45, 2.75) is 6.42 Å². The average Bonchev–Trinajstić information content (AvgIpc) is 2.85. The van der Waals surface area contributed by atoms with Gasteiger partial charge in [0.1, 0.15) is 5.69 Å². The molecule has 1 aromatic carbocycles. The van der Waals surface area contributed by atoms with Crippen LogP contribution in [0.2, 0.25) is 10.0 Å². The summed E-state index contributed by atoms with van der Waals surface area (Å²) in [6.07, 6.45) is 0.634. The maximum absolute atomic E-state index is 12.0. The quantitative estimate of drug-likeness (QED) is 0.751. The van der Waals surface area contributed by atoms with Crippen LogP contribution in [0.3, 0.4) is 0 Å². The van der Waals surface area contributed by atoms with Crippen LogP contribution in [0.15, 0.2) is 17.5 Å². The van der Waals surface area contributed by atoms with Crippen LogP contribution in [0.5, 0.6) is 5.75 Å². The maximum Gasteiger partial charge on any atom is 0.275 e. The van der Waals surface area contributed by atoms with Crippen molar-refractivity contribution in [2.24, 2.45) is 5.73 Å². The fourth-order valence-electron chi connectivity index (χ4n) is 1.49. The number of nitrogens with zero attached hydrogens (tertiary/aromatic N) is 1. The van der Waals surface area contributed by atoms with Crippen LogP contribution in [0.25, 0.3) is 0 Å². The molecule has 106 valence electrons. The number of carbonyl (C=O) groups is 1. The average molecular weight is 332 g/mol. The van der Waals surface area contributed by atoms with Crippen molar-refractivity contribution in [3.63, 3.8) is 0 Å². The van der Waals surface area contributed by atoms with E-state index in [0.29, 0.717) is 24.3 Å². The molecular weight excluding hydrogens is 321 g/mol. The fraction of sp³-hybridized carbons (Fsp3) is 0.167. The second kappa shape index (κ2) is 6.41. The number of anilines is 1. The number of phenols is 1. The van der Waals surface area contributed by atoms with Crippen molar-refractivity contribution in [1.82, 2.24) is 4.98 Å². The molecule has 8 heteroatoms. The highest BCUT2D eigenvalue weighted by Crippen LogP contribution is 2.34. The Kier molecular flexibility index (Phi) is 4.82. The summed E-state index contributed by atoms with van der Waals surface area (Å²) >= 11 is 12.9. The van der Waals surface area contributed by atoms with Crippen LogP contribution in [0.4, 0.5) is 5.69 Å². The van der Waals surface area contributed by atoms with Gasteiger partial charge in [-0.05, 0) is 18.7 Å². The topological polar surface area (TPSA) is 88.2 Å². The van der Waals surface area contributed by atoms with Gasteiger partial charge in [-0.2, -0.15) is 0 Å². The lowest BCUT2D eigenvalue weighted by atomic mass is 10.3. The Labute approximate surface area is 129 Å². The first-order valence-corrected chi connectivity index (χ1v) is 7.28. The zero-order valence-electron chi connectivity index (χ0n) is 10.2. The second-order valence-electron chi connectivity index (χ2n) is 3.91. The molecule has 0 saturated heterocycles. The minimum Gasteiger partial charge on any atom is -0.505 e. The van der Waals surface area contributed by atoms with Crippen LogP contribution < -0.4 is 11.1 Å². The molecule has 0 atom stereocenters. The molecule has 0 spiro atoms. The zero-order valence-corrected chi connectivity index (χ0v) is 12.5. The third kappa shape index (κ3) is 3.40. The summed E-state index contributed by atoms with van der Waals surface area (Å²) in [5.41, 5.74) is 6.12. The summed E-state index contributed by atoms with van der Waals surface area (Å²) in [7, 11) is 0. The molecule has 1 aromatic heterocycles. The van der Waals surface area contributed by atoms with Crippen molar-refractivity contribution < 1.29 is 9.90 Å². The van der Waals surface area contributed by atoms with E-state index in [2.05, 4.69) is 10.3 Å². The van der Waals surface area contributed by atoms with Gasteiger partial charge in [0.2, 0.25) is 0 Å². The second-order valence-corrected chi connectivity index (χ2v) is 5.66. The summed E-state index contributed by atoms with van der Waals surface area (Å²) < 4.78 is 0. The molecule has 0 aliphatic carbocycles. The largest absolute Gasteiger partial charge is 0.505 e. The monoisotopic (exact) mass is 331 g/mol. The molecule has 1 heterocycles. The van der Waals surface area contributed by atoms with Gasteiger partial charge in [0.15, 0.2) is 5.75 Å². The Balaban J connectivity index is 2.14. The highest BCUT2D eigenvalue weighted by molar-refractivity contribution is 7.09. The zero-order chi connectivity index (χ0) is 14.7. The van der Waals surface area contributed by atoms with E-state index in [4.69, 9.17) is 28.9 Å². The Hall–Kier alpha value is -1.34. The summed E-state index contributed by atoms with van der Waals surface area (Å²) in [4.78, 5) is 16.2. The van der Waals surface area contributed by atoms with Gasteiger partial charge in [0, 0.05) is 17.5 Å². The minimum atomic E-state index is -0.373. The lowest BCUT2D eigenvalue weighted by Gasteiger charge is -2.06. The third-order valence-electron chi connectivity index (χ3n) is 2.42. The van der Waals surface area contributed by atoms with E-state index in [1.165, 1.54) is 23.5 Å². The van der Waals surface area contributed by atoms with Gasteiger partial charge in [0.05, 0.1) is 15.1 Å². The number of benzene rings is 1. The summed E-state index contributed by atoms with van der Waals surface area (Å²) in [6.45, 7) is 0.484. The predicted octanol–water partition coefficient (Wildman–Crippen LogP) is 2.91. The summed E-state index contributed by atoms with van der Waals surface area (Å²) in [6, 6.07) is 2.82. The number of nitrogens with one attached hydrogen (secondary N) is 1. The first kappa shape index (κ1) is 15.1. The van der Waals surface area contributed by atoms with Crippen LogP contribution in [-0.4, -0.2) is 22.5 Å². The number of hydrogen-bond acceptors (Lipinski definition) is 5. The van der Waals surface area contributed by atoms with E-state index in [-0.39, 0.29) is 21.7 Å². The summed E-state index contributed by atoms with van der Waals surface area (Å²) in [5, 5.41) is 14.7. The molecule has 4 N–H and O–H groups in total. The number of amides is 1. The molecule has 0 radical (unpaired) electrons. The molecule has 5 nitrogen and oxygen atoms in total. The molecule has 0 fully saturated rings. The Morgan fingerprint density at radius 3 is 2.65 bits per heavy atom. The third-order valence-corrected chi connectivity index (χ3v) is 3.90. The van der Waals surface area contributed by atoms with Crippen LogP contribution >= 0.6 is 34.5 Å². The molecule has 0 aliphatic rings. The number of halogens is 2. The Bertz CT molecular complexity index is 622. The van der Waals surface area contributed by atoms with E-state index < -0.39 is 0 Å².